The molecule has 2 aromatic carbocycles. The molecule has 3 N–H and O–H groups in total. The van der Waals surface area contributed by atoms with E-state index >= 15 is 0 Å². The maximum Gasteiger partial charge on any atom is 0.255 e. The first-order chi connectivity index (χ1) is 9.63. The third-order valence-corrected chi connectivity index (χ3v) is 2.76. The molecule has 0 atom stereocenters. The van der Waals surface area contributed by atoms with Gasteiger partial charge in [0, 0.05) is 11.6 Å². The SMILES string of the molecule is COc1ccc(NC(=O)c2cccc(C#N)c2)c(N)c1. The summed E-state index contributed by atoms with van der Waals surface area (Å²) in [6.45, 7) is 0. The summed E-state index contributed by atoms with van der Waals surface area (Å²) in [5.74, 6) is 0.297. The molecule has 0 unspecified atom stereocenters. The van der Waals surface area contributed by atoms with Gasteiger partial charge in [-0.05, 0) is 30.3 Å². The van der Waals surface area contributed by atoms with Crippen LogP contribution in [-0.4, -0.2) is 13.0 Å². The number of rotatable bonds is 3. The number of hydrogen-bond donors (Lipinski definition) is 2. The number of nitriles is 1. The molecule has 0 aromatic heterocycles. The van der Waals surface area contributed by atoms with Gasteiger partial charge in [-0.15, -0.1) is 0 Å². The van der Waals surface area contributed by atoms with Gasteiger partial charge in [-0.1, -0.05) is 6.07 Å². The quantitative estimate of drug-likeness (QED) is 0.836. The van der Waals surface area contributed by atoms with Crippen molar-refractivity contribution in [3.8, 4) is 11.8 Å². The number of nitrogen functional groups attached to an aromatic ring is 1. The number of nitrogens with one attached hydrogen (secondary N) is 1. The fourth-order valence-electron chi connectivity index (χ4n) is 1.71. The van der Waals surface area contributed by atoms with E-state index in [1.54, 1.807) is 43.5 Å². The molecule has 0 aliphatic rings. The first-order valence-electron chi connectivity index (χ1n) is 5.89. The van der Waals surface area contributed by atoms with Gasteiger partial charge >= 0.3 is 0 Å². The molecule has 0 bridgehead atoms. The molecular formula is C15H13N3O2. The lowest BCUT2D eigenvalue weighted by Gasteiger charge is -2.09. The minimum atomic E-state index is -0.320. The topological polar surface area (TPSA) is 88.1 Å². The van der Waals surface area contributed by atoms with Crippen molar-refractivity contribution < 1.29 is 9.53 Å². The molecule has 2 aromatic rings. The Morgan fingerprint density at radius 2 is 2.10 bits per heavy atom. The Morgan fingerprint density at radius 3 is 2.75 bits per heavy atom. The lowest BCUT2D eigenvalue weighted by Crippen LogP contribution is -2.13. The number of amides is 1. The van der Waals surface area contributed by atoms with E-state index in [-0.39, 0.29) is 5.91 Å². The Balaban J connectivity index is 2.21. The highest BCUT2D eigenvalue weighted by molar-refractivity contribution is 6.06. The third kappa shape index (κ3) is 2.87. The van der Waals surface area contributed by atoms with Crippen LogP contribution in [0.3, 0.4) is 0 Å². The standard InChI is InChI=1S/C15H13N3O2/c1-20-12-5-6-14(13(17)8-12)18-15(19)11-4-2-3-10(7-11)9-16/h2-8H,17H2,1H3,(H,18,19). The number of nitrogens with zero attached hydrogens (tertiary/aromatic N) is 1. The molecule has 5 heteroatoms. The van der Waals surface area contributed by atoms with Crippen LogP contribution in [0.5, 0.6) is 5.75 Å². The summed E-state index contributed by atoms with van der Waals surface area (Å²) in [5, 5.41) is 11.5. The predicted octanol–water partition coefficient (Wildman–Crippen LogP) is 2.40. The van der Waals surface area contributed by atoms with Crippen LogP contribution >= 0.6 is 0 Å². The summed E-state index contributed by atoms with van der Waals surface area (Å²) >= 11 is 0. The first-order valence-corrected chi connectivity index (χ1v) is 5.89. The van der Waals surface area contributed by atoms with Crippen molar-refractivity contribution in [1.82, 2.24) is 0 Å². The van der Waals surface area contributed by atoms with Gasteiger partial charge in [0.2, 0.25) is 0 Å². The van der Waals surface area contributed by atoms with Crippen LogP contribution in [0.2, 0.25) is 0 Å². The van der Waals surface area contributed by atoms with Crippen molar-refractivity contribution in [2.75, 3.05) is 18.2 Å². The second-order valence-electron chi connectivity index (χ2n) is 4.10. The van der Waals surface area contributed by atoms with E-state index in [1.165, 1.54) is 6.07 Å². The Hall–Kier alpha value is -3.00. The van der Waals surface area contributed by atoms with Crippen LogP contribution in [0.4, 0.5) is 11.4 Å². The van der Waals surface area contributed by atoms with Gasteiger partial charge in [-0.3, -0.25) is 4.79 Å². The number of carbonyl (C=O) groups is 1. The normalized spacial score (nSPS) is 9.60. The van der Waals surface area contributed by atoms with E-state index in [4.69, 9.17) is 15.7 Å². The Morgan fingerprint density at radius 1 is 1.30 bits per heavy atom. The second-order valence-corrected chi connectivity index (χ2v) is 4.10. The second kappa shape index (κ2) is 5.76. The van der Waals surface area contributed by atoms with Crippen LogP contribution < -0.4 is 15.8 Å². The van der Waals surface area contributed by atoms with Crippen molar-refractivity contribution in [3.63, 3.8) is 0 Å². The first kappa shape index (κ1) is 13.4. The molecule has 0 spiro atoms. The van der Waals surface area contributed by atoms with Gasteiger partial charge < -0.3 is 15.8 Å². The Bertz CT molecular complexity index is 690. The van der Waals surface area contributed by atoms with E-state index in [2.05, 4.69) is 5.32 Å². The number of benzene rings is 2. The maximum absolute atomic E-state index is 12.1. The Labute approximate surface area is 116 Å². The highest BCUT2D eigenvalue weighted by Crippen LogP contribution is 2.24. The molecule has 5 nitrogen and oxygen atoms in total. The number of ether oxygens (including phenoxy) is 1. The van der Waals surface area contributed by atoms with Gasteiger partial charge in [0.15, 0.2) is 0 Å². The van der Waals surface area contributed by atoms with Crippen LogP contribution in [0.15, 0.2) is 42.5 Å². The highest BCUT2D eigenvalue weighted by atomic mass is 16.5. The fraction of sp³-hybridized carbons (Fsp3) is 0.0667. The van der Waals surface area contributed by atoms with Gasteiger partial charge in [-0.25, -0.2) is 0 Å². The molecule has 0 fully saturated rings. The van der Waals surface area contributed by atoms with Crippen LogP contribution in [0.25, 0.3) is 0 Å². The number of nitrogens with two attached hydrogens (primary N) is 1. The molecule has 0 aliphatic heterocycles. The average Bonchev–Trinajstić information content (AvgIpc) is 2.49. The van der Waals surface area contributed by atoms with Gasteiger partial charge in [0.1, 0.15) is 5.75 Å². The highest BCUT2D eigenvalue weighted by Gasteiger charge is 2.09. The summed E-state index contributed by atoms with van der Waals surface area (Å²) in [5.41, 5.74) is 7.57. The molecule has 0 saturated heterocycles. The van der Waals surface area contributed by atoms with Crippen LogP contribution in [0, 0.1) is 11.3 Å². The molecule has 2 rings (SSSR count). The minimum Gasteiger partial charge on any atom is -0.497 e. The summed E-state index contributed by atoms with van der Waals surface area (Å²) in [6.07, 6.45) is 0. The van der Waals surface area contributed by atoms with E-state index in [0.29, 0.717) is 28.3 Å². The van der Waals surface area contributed by atoms with E-state index < -0.39 is 0 Å². The van der Waals surface area contributed by atoms with Gasteiger partial charge in [0.05, 0.1) is 30.1 Å². The fourth-order valence-corrected chi connectivity index (χ4v) is 1.71. The smallest absolute Gasteiger partial charge is 0.255 e. The molecule has 20 heavy (non-hydrogen) atoms. The third-order valence-electron chi connectivity index (χ3n) is 2.76. The van der Waals surface area contributed by atoms with Gasteiger partial charge in [0.25, 0.3) is 5.91 Å². The zero-order valence-electron chi connectivity index (χ0n) is 10.9. The summed E-state index contributed by atoms with van der Waals surface area (Å²) < 4.78 is 5.04. The zero-order chi connectivity index (χ0) is 14.5. The van der Waals surface area contributed by atoms with Gasteiger partial charge in [-0.2, -0.15) is 5.26 Å². The van der Waals surface area contributed by atoms with Crippen LogP contribution in [0.1, 0.15) is 15.9 Å². The van der Waals surface area contributed by atoms with Crippen molar-refractivity contribution in [1.29, 1.82) is 5.26 Å². The summed E-state index contributed by atoms with van der Waals surface area (Å²) in [4.78, 5) is 12.1. The lowest BCUT2D eigenvalue weighted by molar-refractivity contribution is 0.102. The molecule has 0 aliphatic carbocycles. The number of hydrogen-bond acceptors (Lipinski definition) is 4. The molecular weight excluding hydrogens is 254 g/mol. The number of anilines is 2. The van der Waals surface area contributed by atoms with E-state index in [9.17, 15) is 4.79 Å². The Kier molecular flexibility index (Phi) is 3.87. The average molecular weight is 267 g/mol. The number of methoxy groups -OCH3 is 1. The number of carbonyl (C=O) groups excluding carboxylic acids is 1. The lowest BCUT2D eigenvalue weighted by atomic mass is 10.1. The molecule has 0 saturated carbocycles. The van der Waals surface area contributed by atoms with Crippen molar-refractivity contribution >= 4 is 17.3 Å². The molecule has 1 amide bonds. The summed E-state index contributed by atoms with van der Waals surface area (Å²) in [6, 6.07) is 13.4. The van der Waals surface area contributed by atoms with E-state index in [0.717, 1.165) is 0 Å². The molecule has 100 valence electrons. The largest absolute Gasteiger partial charge is 0.497 e. The van der Waals surface area contributed by atoms with Crippen molar-refractivity contribution in [2.24, 2.45) is 0 Å². The maximum atomic E-state index is 12.1. The minimum absolute atomic E-state index is 0.320. The van der Waals surface area contributed by atoms with Crippen molar-refractivity contribution in [3.05, 3.63) is 53.6 Å². The van der Waals surface area contributed by atoms with Crippen LogP contribution in [-0.2, 0) is 0 Å². The van der Waals surface area contributed by atoms with Crippen molar-refractivity contribution in [2.45, 2.75) is 0 Å². The van der Waals surface area contributed by atoms with E-state index in [1.807, 2.05) is 6.07 Å². The zero-order valence-corrected chi connectivity index (χ0v) is 10.9. The monoisotopic (exact) mass is 267 g/mol. The molecule has 0 radical (unpaired) electrons. The molecule has 0 heterocycles. The predicted molar refractivity (Wildman–Crippen MR) is 76.5 cm³/mol. The summed E-state index contributed by atoms with van der Waals surface area (Å²) in [7, 11) is 1.54.